The lowest BCUT2D eigenvalue weighted by Gasteiger charge is -2.12. The minimum atomic E-state index is -0.988. The highest BCUT2D eigenvalue weighted by molar-refractivity contribution is 5.94. The van der Waals surface area contributed by atoms with Gasteiger partial charge in [-0.05, 0) is 43.4 Å². The van der Waals surface area contributed by atoms with Gasteiger partial charge in [0.15, 0.2) is 0 Å². The van der Waals surface area contributed by atoms with Crippen LogP contribution in [0.1, 0.15) is 41.6 Å². The van der Waals surface area contributed by atoms with Gasteiger partial charge in [0.05, 0.1) is 5.56 Å². The van der Waals surface area contributed by atoms with Crippen LogP contribution in [0.2, 0.25) is 0 Å². The maximum atomic E-state index is 11.8. The molecule has 5 heteroatoms. The molecule has 1 aromatic carbocycles. The number of anilines is 1. The van der Waals surface area contributed by atoms with E-state index in [1.807, 2.05) is 0 Å². The van der Waals surface area contributed by atoms with Gasteiger partial charge >= 0.3 is 12.0 Å². The lowest BCUT2D eigenvalue weighted by atomic mass is 10.1. The Labute approximate surface area is 118 Å². The third-order valence-electron chi connectivity index (χ3n) is 3.75. The maximum Gasteiger partial charge on any atom is 0.336 e. The van der Waals surface area contributed by atoms with Crippen molar-refractivity contribution < 1.29 is 14.7 Å². The van der Waals surface area contributed by atoms with Gasteiger partial charge in [-0.25, -0.2) is 9.59 Å². The molecule has 1 fully saturated rings. The molecule has 1 aromatic rings. The Balaban J connectivity index is 1.90. The number of amides is 2. The number of nitrogens with one attached hydrogen (secondary N) is 2. The Morgan fingerprint density at radius 2 is 2.00 bits per heavy atom. The van der Waals surface area contributed by atoms with Gasteiger partial charge in [-0.3, -0.25) is 0 Å². The summed E-state index contributed by atoms with van der Waals surface area (Å²) in [5, 5.41) is 14.6. The van der Waals surface area contributed by atoms with Gasteiger partial charge in [0.1, 0.15) is 0 Å². The number of urea groups is 1. The molecule has 1 aliphatic rings. The molecule has 2 rings (SSSR count). The first-order chi connectivity index (χ1) is 9.56. The predicted molar refractivity (Wildman–Crippen MR) is 77.1 cm³/mol. The van der Waals surface area contributed by atoms with E-state index in [4.69, 9.17) is 5.11 Å². The van der Waals surface area contributed by atoms with E-state index in [2.05, 4.69) is 10.6 Å². The maximum absolute atomic E-state index is 11.8. The molecule has 20 heavy (non-hydrogen) atoms. The topological polar surface area (TPSA) is 78.4 Å². The fourth-order valence-electron chi connectivity index (χ4n) is 2.56. The number of aromatic carboxylic acids is 1. The van der Waals surface area contributed by atoms with Crippen LogP contribution in [-0.4, -0.2) is 23.7 Å². The molecule has 0 bridgehead atoms. The smallest absolute Gasteiger partial charge is 0.336 e. The number of carboxylic acid groups (broad SMARTS) is 1. The number of hydrogen-bond donors (Lipinski definition) is 3. The highest BCUT2D eigenvalue weighted by Gasteiger charge is 2.16. The minimum absolute atomic E-state index is 0.207. The monoisotopic (exact) mass is 276 g/mol. The van der Waals surface area contributed by atoms with Crippen LogP contribution in [0, 0.1) is 12.8 Å². The van der Waals surface area contributed by atoms with Crippen molar-refractivity contribution in [2.75, 3.05) is 11.9 Å². The zero-order chi connectivity index (χ0) is 14.5. The van der Waals surface area contributed by atoms with Gasteiger partial charge in [-0.15, -0.1) is 0 Å². The summed E-state index contributed by atoms with van der Waals surface area (Å²) in [6.07, 6.45) is 4.84. The zero-order valence-corrected chi connectivity index (χ0v) is 11.6. The fraction of sp³-hybridized carbons (Fsp3) is 0.467. The van der Waals surface area contributed by atoms with Gasteiger partial charge in [-0.1, -0.05) is 18.9 Å². The molecule has 0 radical (unpaired) electrons. The van der Waals surface area contributed by atoms with Crippen molar-refractivity contribution in [3.8, 4) is 0 Å². The third kappa shape index (κ3) is 3.73. The SMILES string of the molecule is Cc1ccc(NC(=O)NCC2CCCC2)cc1C(=O)O. The summed E-state index contributed by atoms with van der Waals surface area (Å²) in [6.45, 7) is 2.41. The number of carbonyl (C=O) groups is 2. The van der Waals surface area contributed by atoms with E-state index in [0.717, 1.165) is 0 Å². The Morgan fingerprint density at radius 1 is 1.30 bits per heavy atom. The van der Waals surface area contributed by atoms with Crippen LogP contribution in [0.3, 0.4) is 0 Å². The van der Waals surface area contributed by atoms with E-state index in [0.29, 0.717) is 23.7 Å². The van der Waals surface area contributed by atoms with Gasteiger partial charge in [0.2, 0.25) is 0 Å². The Kier molecular flexibility index (Phi) is 4.61. The van der Waals surface area contributed by atoms with Crippen molar-refractivity contribution in [2.45, 2.75) is 32.6 Å². The Bertz CT molecular complexity index is 508. The summed E-state index contributed by atoms with van der Waals surface area (Å²) < 4.78 is 0. The average molecular weight is 276 g/mol. The molecule has 0 saturated heterocycles. The predicted octanol–water partition coefficient (Wildman–Crippen LogP) is 3.00. The van der Waals surface area contributed by atoms with E-state index < -0.39 is 5.97 Å². The molecule has 108 valence electrons. The molecule has 0 heterocycles. The number of rotatable bonds is 4. The van der Waals surface area contributed by atoms with Gasteiger partial charge < -0.3 is 15.7 Å². The van der Waals surface area contributed by atoms with Crippen LogP contribution in [0.25, 0.3) is 0 Å². The highest BCUT2D eigenvalue weighted by atomic mass is 16.4. The molecular formula is C15H20N2O3. The quantitative estimate of drug-likeness (QED) is 0.791. The zero-order valence-electron chi connectivity index (χ0n) is 11.6. The third-order valence-corrected chi connectivity index (χ3v) is 3.75. The molecule has 5 nitrogen and oxygen atoms in total. The number of carboxylic acids is 1. The van der Waals surface area contributed by atoms with E-state index in [1.165, 1.54) is 31.7 Å². The molecule has 2 amide bonds. The van der Waals surface area contributed by atoms with Crippen molar-refractivity contribution in [2.24, 2.45) is 5.92 Å². The average Bonchev–Trinajstić information content (AvgIpc) is 2.91. The molecule has 1 saturated carbocycles. The van der Waals surface area contributed by atoms with Gasteiger partial charge in [0.25, 0.3) is 0 Å². The number of carbonyl (C=O) groups excluding carboxylic acids is 1. The lowest BCUT2D eigenvalue weighted by molar-refractivity contribution is 0.0696. The molecule has 0 aromatic heterocycles. The molecule has 1 aliphatic carbocycles. The standard InChI is InChI=1S/C15H20N2O3/c1-10-6-7-12(8-13(10)14(18)19)17-15(20)16-9-11-4-2-3-5-11/h6-8,11H,2-5,9H2,1H3,(H,18,19)(H2,16,17,20). The lowest BCUT2D eigenvalue weighted by Crippen LogP contribution is -2.32. The summed E-state index contributed by atoms with van der Waals surface area (Å²) in [7, 11) is 0. The summed E-state index contributed by atoms with van der Waals surface area (Å²) in [6, 6.07) is 4.59. The molecule has 0 unspecified atom stereocenters. The molecule has 0 spiro atoms. The second-order valence-electron chi connectivity index (χ2n) is 5.32. The second-order valence-corrected chi connectivity index (χ2v) is 5.32. The van der Waals surface area contributed by atoms with Crippen molar-refractivity contribution in [3.63, 3.8) is 0 Å². The van der Waals surface area contributed by atoms with E-state index >= 15 is 0 Å². The summed E-state index contributed by atoms with van der Waals surface area (Å²) >= 11 is 0. The van der Waals surface area contributed by atoms with Crippen LogP contribution in [0.5, 0.6) is 0 Å². The van der Waals surface area contributed by atoms with Crippen molar-refractivity contribution >= 4 is 17.7 Å². The first-order valence-electron chi connectivity index (χ1n) is 6.95. The first-order valence-corrected chi connectivity index (χ1v) is 6.95. The number of aryl methyl sites for hydroxylation is 1. The minimum Gasteiger partial charge on any atom is -0.478 e. The van der Waals surface area contributed by atoms with Gasteiger partial charge in [-0.2, -0.15) is 0 Å². The fourth-order valence-corrected chi connectivity index (χ4v) is 2.56. The Hall–Kier alpha value is -2.04. The van der Waals surface area contributed by atoms with Crippen molar-refractivity contribution in [3.05, 3.63) is 29.3 Å². The normalized spacial score (nSPS) is 15.1. The van der Waals surface area contributed by atoms with E-state index in [-0.39, 0.29) is 11.6 Å². The summed E-state index contributed by atoms with van der Waals surface area (Å²) in [4.78, 5) is 22.8. The second kappa shape index (κ2) is 6.41. The van der Waals surface area contributed by atoms with Crippen LogP contribution in [0.15, 0.2) is 18.2 Å². The van der Waals surface area contributed by atoms with E-state index in [1.54, 1.807) is 19.1 Å². The number of benzene rings is 1. The molecule has 0 atom stereocenters. The van der Waals surface area contributed by atoms with Gasteiger partial charge in [0, 0.05) is 12.2 Å². The van der Waals surface area contributed by atoms with Crippen LogP contribution >= 0.6 is 0 Å². The van der Waals surface area contributed by atoms with Crippen LogP contribution in [0.4, 0.5) is 10.5 Å². The number of hydrogen-bond acceptors (Lipinski definition) is 2. The molecular weight excluding hydrogens is 256 g/mol. The Morgan fingerprint density at radius 3 is 2.65 bits per heavy atom. The molecule has 3 N–H and O–H groups in total. The largest absolute Gasteiger partial charge is 0.478 e. The summed E-state index contributed by atoms with van der Waals surface area (Å²) in [5.74, 6) is -0.411. The summed E-state index contributed by atoms with van der Waals surface area (Å²) in [5.41, 5.74) is 1.38. The highest BCUT2D eigenvalue weighted by Crippen LogP contribution is 2.23. The first kappa shape index (κ1) is 14.4. The van der Waals surface area contributed by atoms with Crippen LogP contribution in [-0.2, 0) is 0 Å². The van der Waals surface area contributed by atoms with Crippen LogP contribution < -0.4 is 10.6 Å². The molecule has 0 aliphatic heterocycles. The van der Waals surface area contributed by atoms with Crippen molar-refractivity contribution in [1.82, 2.24) is 5.32 Å². The van der Waals surface area contributed by atoms with Crippen molar-refractivity contribution in [1.29, 1.82) is 0 Å². The van der Waals surface area contributed by atoms with E-state index in [9.17, 15) is 9.59 Å².